The van der Waals surface area contributed by atoms with E-state index < -0.39 is 0 Å². The lowest BCUT2D eigenvalue weighted by molar-refractivity contribution is 0.167. The number of hydrogen-bond donors (Lipinski definition) is 1. The normalized spacial score (nSPS) is 19.5. The van der Waals surface area contributed by atoms with Gasteiger partial charge >= 0.3 is 5.69 Å². The minimum absolute atomic E-state index is 0.120. The average molecular weight is 248 g/mol. The number of para-hydroxylation sites is 1. The van der Waals surface area contributed by atoms with Gasteiger partial charge in [0, 0.05) is 19.6 Å². The number of aromatic nitrogens is 2. The molecule has 3 rings (SSSR count). The Balaban J connectivity index is 1.88. The van der Waals surface area contributed by atoms with E-state index in [1.54, 1.807) is 11.6 Å². The first-order valence-electron chi connectivity index (χ1n) is 6.14. The predicted octanol–water partition coefficient (Wildman–Crippen LogP) is 1.28. The number of aromatic amines is 1. The summed E-state index contributed by atoms with van der Waals surface area (Å²) >= 11 is 0. The number of ether oxygens (including phenoxy) is 2. The molecule has 0 aliphatic carbocycles. The number of H-pyrrole nitrogens is 1. The summed E-state index contributed by atoms with van der Waals surface area (Å²) in [6.07, 6.45) is 1.04. The van der Waals surface area contributed by atoms with Crippen LogP contribution in [-0.2, 0) is 11.8 Å². The Morgan fingerprint density at radius 2 is 2.44 bits per heavy atom. The fraction of sp³-hybridized carbons (Fsp3) is 0.462. The maximum absolute atomic E-state index is 11.6. The van der Waals surface area contributed by atoms with Gasteiger partial charge in [0.05, 0.1) is 18.7 Å². The van der Waals surface area contributed by atoms with E-state index >= 15 is 0 Å². The van der Waals surface area contributed by atoms with Gasteiger partial charge in [0.15, 0.2) is 0 Å². The summed E-state index contributed by atoms with van der Waals surface area (Å²) in [6, 6.07) is 5.66. The zero-order valence-corrected chi connectivity index (χ0v) is 10.3. The minimum Gasteiger partial charge on any atom is -0.491 e. The Kier molecular flexibility index (Phi) is 2.83. The highest BCUT2D eigenvalue weighted by Crippen LogP contribution is 2.24. The van der Waals surface area contributed by atoms with Crippen molar-refractivity contribution >= 4 is 11.0 Å². The van der Waals surface area contributed by atoms with Gasteiger partial charge in [-0.15, -0.1) is 0 Å². The third-order valence-corrected chi connectivity index (χ3v) is 3.38. The Morgan fingerprint density at radius 3 is 3.22 bits per heavy atom. The van der Waals surface area contributed by atoms with E-state index in [9.17, 15) is 4.79 Å². The zero-order chi connectivity index (χ0) is 12.5. The molecule has 1 fully saturated rings. The summed E-state index contributed by atoms with van der Waals surface area (Å²) < 4.78 is 12.7. The van der Waals surface area contributed by atoms with Crippen LogP contribution < -0.4 is 10.4 Å². The SMILES string of the molecule is Cn1c(=O)[nH]c2cccc(OCC3CCOC3)c21. The number of aryl methyl sites for hydroxylation is 1. The standard InChI is InChI=1S/C13H16N2O3/c1-15-12-10(14-13(15)16)3-2-4-11(12)18-8-9-5-6-17-7-9/h2-4,9H,5-8H2,1H3,(H,14,16). The van der Waals surface area contributed by atoms with Crippen molar-refractivity contribution < 1.29 is 9.47 Å². The molecule has 96 valence electrons. The monoisotopic (exact) mass is 248 g/mol. The van der Waals surface area contributed by atoms with Gasteiger partial charge < -0.3 is 14.5 Å². The molecule has 1 aromatic carbocycles. The van der Waals surface area contributed by atoms with Crippen molar-refractivity contribution in [1.82, 2.24) is 9.55 Å². The minimum atomic E-state index is -0.120. The Hall–Kier alpha value is -1.75. The van der Waals surface area contributed by atoms with Crippen LogP contribution in [0.25, 0.3) is 11.0 Å². The molecule has 1 aromatic heterocycles. The van der Waals surface area contributed by atoms with Crippen molar-refractivity contribution in [2.75, 3.05) is 19.8 Å². The molecule has 0 amide bonds. The summed E-state index contributed by atoms with van der Waals surface area (Å²) in [6.45, 7) is 2.22. The molecule has 1 N–H and O–H groups in total. The molecule has 1 atom stereocenters. The first kappa shape index (κ1) is 11.3. The van der Waals surface area contributed by atoms with Crippen LogP contribution in [0.4, 0.5) is 0 Å². The first-order valence-corrected chi connectivity index (χ1v) is 6.14. The average Bonchev–Trinajstić information content (AvgIpc) is 2.97. The molecule has 1 aliphatic rings. The third-order valence-electron chi connectivity index (χ3n) is 3.38. The Labute approximate surface area is 104 Å². The fourth-order valence-corrected chi connectivity index (χ4v) is 2.31. The van der Waals surface area contributed by atoms with Crippen molar-refractivity contribution in [3.63, 3.8) is 0 Å². The van der Waals surface area contributed by atoms with Gasteiger partial charge in [-0.1, -0.05) is 6.07 Å². The van der Waals surface area contributed by atoms with Crippen LogP contribution in [0, 0.1) is 5.92 Å². The molecule has 2 heterocycles. The topological polar surface area (TPSA) is 56.2 Å². The van der Waals surface area contributed by atoms with E-state index in [2.05, 4.69) is 4.98 Å². The van der Waals surface area contributed by atoms with Crippen LogP contribution >= 0.6 is 0 Å². The maximum atomic E-state index is 11.6. The molecule has 1 unspecified atom stereocenters. The molecule has 1 saturated heterocycles. The number of rotatable bonds is 3. The van der Waals surface area contributed by atoms with Crippen molar-refractivity contribution in [3.05, 3.63) is 28.7 Å². The Bertz CT molecular complexity index is 608. The lowest BCUT2D eigenvalue weighted by atomic mass is 10.1. The quantitative estimate of drug-likeness (QED) is 0.890. The summed E-state index contributed by atoms with van der Waals surface area (Å²) in [4.78, 5) is 14.4. The van der Waals surface area contributed by atoms with Gasteiger partial charge in [0.25, 0.3) is 0 Å². The zero-order valence-electron chi connectivity index (χ0n) is 10.3. The smallest absolute Gasteiger partial charge is 0.326 e. The van der Waals surface area contributed by atoms with E-state index in [-0.39, 0.29) is 5.69 Å². The van der Waals surface area contributed by atoms with Crippen LogP contribution in [0.2, 0.25) is 0 Å². The molecule has 0 radical (unpaired) electrons. The summed E-state index contributed by atoms with van der Waals surface area (Å²) in [5, 5.41) is 0. The van der Waals surface area contributed by atoms with Crippen LogP contribution in [0.3, 0.4) is 0 Å². The Morgan fingerprint density at radius 1 is 1.56 bits per heavy atom. The molecule has 0 bridgehead atoms. The highest BCUT2D eigenvalue weighted by molar-refractivity contribution is 5.81. The summed E-state index contributed by atoms with van der Waals surface area (Å²) in [7, 11) is 1.74. The highest BCUT2D eigenvalue weighted by atomic mass is 16.5. The van der Waals surface area contributed by atoms with Gasteiger partial charge in [-0.05, 0) is 18.6 Å². The first-order chi connectivity index (χ1) is 8.75. The summed E-state index contributed by atoms with van der Waals surface area (Å²) in [5.74, 6) is 1.21. The predicted molar refractivity (Wildman–Crippen MR) is 68.0 cm³/mol. The number of benzene rings is 1. The van der Waals surface area contributed by atoms with Crippen molar-refractivity contribution in [2.24, 2.45) is 13.0 Å². The number of hydrogen-bond acceptors (Lipinski definition) is 3. The van der Waals surface area contributed by atoms with E-state index in [0.717, 1.165) is 36.4 Å². The maximum Gasteiger partial charge on any atom is 0.326 e. The third kappa shape index (κ3) is 1.90. The molecular weight excluding hydrogens is 232 g/mol. The van der Waals surface area contributed by atoms with Crippen LogP contribution in [0.5, 0.6) is 5.75 Å². The molecular formula is C13H16N2O3. The molecule has 18 heavy (non-hydrogen) atoms. The van der Waals surface area contributed by atoms with E-state index in [1.165, 1.54) is 0 Å². The number of imidazole rings is 1. The van der Waals surface area contributed by atoms with Crippen LogP contribution in [-0.4, -0.2) is 29.4 Å². The molecule has 2 aromatic rings. The van der Waals surface area contributed by atoms with E-state index in [4.69, 9.17) is 9.47 Å². The van der Waals surface area contributed by atoms with Gasteiger partial charge in [-0.25, -0.2) is 4.79 Å². The van der Waals surface area contributed by atoms with Gasteiger partial charge in [-0.3, -0.25) is 4.57 Å². The highest BCUT2D eigenvalue weighted by Gasteiger charge is 2.17. The van der Waals surface area contributed by atoms with Crippen molar-refractivity contribution in [2.45, 2.75) is 6.42 Å². The second-order valence-corrected chi connectivity index (χ2v) is 4.68. The largest absolute Gasteiger partial charge is 0.491 e. The van der Waals surface area contributed by atoms with E-state index in [0.29, 0.717) is 12.5 Å². The van der Waals surface area contributed by atoms with Gasteiger partial charge in [0.1, 0.15) is 11.3 Å². The van der Waals surface area contributed by atoms with Gasteiger partial charge in [0.2, 0.25) is 0 Å². The van der Waals surface area contributed by atoms with Crippen LogP contribution in [0.15, 0.2) is 23.0 Å². The van der Waals surface area contributed by atoms with Crippen molar-refractivity contribution in [3.8, 4) is 5.75 Å². The second-order valence-electron chi connectivity index (χ2n) is 4.68. The molecule has 5 heteroatoms. The van der Waals surface area contributed by atoms with Crippen LogP contribution in [0.1, 0.15) is 6.42 Å². The number of nitrogens with zero attached hydrogens (tertiary/aromatic N) is 1. The second kappa shape index (κ2) is 4.49. The number of nitrogens with one attached hydrogen (secondary N) is 1. The molecule has 5 nitrogen and oxygen atoms in total. The lowest BCUT2D eigenvalue weighted by Crippen LogP contribution is -2.14. The molecule has 1 aliphatic heterocycles. The number of fused-ring (bicyclic) bond motifs is 1. The molecule has 0 spiro atoms. The molecule has 0 saturated carbocycles. The van der Waals surface area contributed by atoms with Crippen molar-refractivity contribution in [1.29, 1.82) is 0 Å². The summed E-state index contributed by atoms with van der Waals surface area (Å²) in [5.41, 5.74) is 1.51. The lowest BCUT2D eigenvalue weighted by Gasteiger charge is -2.11. The van der Waals surface area contributed by atoms with E-state index in [1.807, 2.05) is 18.2 Å². The fourth-order valence-electron chi connectivity index (χ4n) is 2.31. The van der Waals surface area contributed by atoms with Gasteiger partial charge in [-0.2, -0.15) is 0 Å².